The first-order valence-corrected chi connectivity index (χ1v) is 12.0. The third-order valence-corrected chi connectivity index (χ3v) is 6.71. The van der Waals surface area contributed by atoms with Crippen molar-refractivity contribution in [1.82, 2.24) is 29.3 Å². The van der Waals surface area contributed by atoms with Crippen LogP contribution in [-0.4, -0.2) is 67.4 Å². The molecular weight excluding hydrogens is 461 g/mol. The zero-order chi connectivity index (χ0) is 25.2. The van der Waals surface area contributed by atoms with Crippen molar-refractivity contribution in [2.24, 2.45) is 12.8 Å². The largest absolute Gasteiger partial charge is 0.453 e. The van der Waals surface area contributed by atoms with E-state index >= 15 is 0 Å². The van der Waals surface area contributed by atoms with E-state index in [2.05, 4.69) is 19.9 Å². The van der Waals surface area contributed by atoms with Crippen molar-refractivity contribution >= 4 is 16.9 Å². The van der Waals surface area contributed by atoms with Gasteiger partial charge in [0.25, 0.3) is 0 Å². The Hall–Kier alpha value is -3.76. The molecule has 0 radical (unpaired) electrons. The molecule has 188 valence electrons. The molecule has 4 heterocycles. The molecule has 0 bridgehead atoms. The highest BCUT2D eigenvalue weighted by Crippen LogP contribution is 2.32. The van der Waals surface area contributed by atoms with Gasteiger partial charge in [0.1, 0.15) is 11.4 Å². The second-order valence-corrected chi connectivity index (χ2v) is 9.28. The number of amides is 1. The molecule has 10 heteroatoms. The summed E-state index contributed by atoms with van der Waals surface area (Å²) >= 11 is 0. The van der Waals surface area contributed by atoms with E-state index in [0.29, 0.717) is 30.0 Å². The minimum Gasteiger partial charge on any atom is -0.453 e. The Morgan fingerprint density at radius 1 is 1.22 bits per heavy atom. The minimum absolute atomic E-state index is 0.108. The van der Waals surface area contributed by atoms with Crippen LogP contribution in [0.25, 0.3) is 11.0 Å². The standard InChI is InChI=1S/C26H30FN7O2/c1-17-13-31-25-24(17)23(5-6-30-25)36-22-4-3-18(11-20(22)27)12-21(28)26(35)34-9-7-33(8-10-34)15-19-14-29-16-32(19)2/h3-6,11,13-14,16,21H,7-10,12,15,28H2,1-2H3,(H,30,31). The van der Waals surface area contributed by atoms with Crippen molar-refractivity contribution in [1.29, 1.82) is 0 Å². The molecule has 0 spiro atoms. The second-order valence-electron chi connectivity index (χ2n) is 9.28. The lowest BCUT2D eigenvalue weighted by atomic mass is 10.0. The summed E-state index contributed by atoms with van der Waals surface area (Å²) in [5, 5.41) is 0.814. The number of nitrogens with zero attached hydrogens (tertiary/aromatic N) is 5. The maximum atomic E-state index is 14.9. The Morgan fingerprint density at radius 3 is 2.75 bits per heavy atom. The van der Waals surface area contributed by atoms with Crippen molar-refractivity contribution in [3.8, 4) is 11.5 Å². The number of piperazine rings is 1. The number of aromatic amines is 1. The molecule has 1 aliphatic heterocycles. The summed E-state index contributed by atoms with van der Waals surface area (Å²) in [6.45, 7) is 5.51. The maximum Gasteiger partial charge on any atom is 0.239 e. The van der Waals surface area contributed by atoms with Gasteiger partial charge in [0.2, 0.25) is 5.91 Å². The van der Waals surface area contributed by atoms with E-state index < -0.39 is 11.9 Å². The van der Waals surface area contributed by atoms with Crippen molar-refractivity contribution in [2.45, 2.75) is 25.9 Å². The summed E-state index contributed by atoms with van der Waals surface area (Å²) in [6.07, 6.45) is 7.35. The molecule has 1 atom stereocenters. The fourth-order valence-electron chi connectivity index (χ4n) is 4.61. The second kappa shape index (κ2) is 10.1. The molecule has 5 rings (SSSR count). The number of rotatable bonds is 7. The zero-order valence-corrected chi connectivity index (χ0v) is 20.4. The lowest BCUT2D eigenvalue weighted by molar-refractivity contribution is -0.134. The Morgan fingerprint density at radius 2 is 2.03 bits per heavy atom. The summed E-state index contributed by atoms with van der Waals surface area (Å²) in [5.41, 5.74) is 9.68. The first kappa shape index (κ1) is 24.0. The number of pyridine rings is 1. The summed E-state index contributed by atoms with van der Waals surface area (Å²) in [5.74, 6) is 0.0169. The topological polar surface area (TPSA) is 105 Å². The number of nitrogens with two attached hydrogens (primary N) is 1. The number of imidazole rings is 1. The third kappa shape index (κ3) is 4.95. The van der Waals surface area contributed by atoms with Gasteiger partial charge >= 0.3 is 0 Å². The van der Waals surface area contributed by atoms with Gasteiger partial charge < -0.3 is 24.9 Å². The molecule has 3 N–H and O–H groups in total. The molecule has 0 saturated carbocycles. The van der Waals surface area contributed by atoms with E-state index in [4.69, 9.17) is 10.5 Å². The van der Waals surface area contributed by atoms with E-state index in [9.17, 15) is 9.18 Å². The molecule has 0 aliphatic carbocycles. The smallest absolute Gasteiger partial charge is 0.239 e. The van der Waals surface area contributed by atoms with Gasteiger partial charge in [0.05, 0.1) is 23.4 Å². The summed E-state index contributed by atoms with van der Waals surface area (Å²) < 4.78 is 22.8. The number of H-pyrrole nitrogens is 1. The highest BCUT2D eigenvalue weighted by atomic mass is 19.1. The highest BCUT2D eigenvalue weighted by Gasteiger charge is 2.26. The van der Waals surface area contributed by atoms with Gasteiger partial charge in [-0.05, 0) is 42.7 Å². The fraction of sp³-hybridized carbons (Fsp3) is 0.346. The first-order valence-electron chi connectivity index (χ1n) is 12.0. The number of aromatic nitrogens is 4. The number of halogens is 1. The van der Waals surface area contributed by atoms with Crippen molar-refractivity contribution < 1.29 is 13.9 Å². The molecule has 3 aromatic heterocycles. The van der Waals surface area contributed by atoms with Gasteiger partial charge in [-0.25, -0.2) is 14.4 Å². The Balaban J connectivity index is 1.18. The van der Waals surface area contributed by atoms with Crippen LogP contribution in [-0.2, 0) is 24.8 Å². The molecule has 1 fully saturated rings. The quantitative estimate of drug-likeness (QED) is 0.412. The average Bonchev–Trinajstić information content (AvgIpc) is 3.46. The van der Waals surface area contributed by atoms with Crippen molar-refractivity contribution in [3.05, 3.63) is 71.8 Å². The normalized spacial score (nSPS) is 15.4. The Kier molecular flexibility index (Phi) is 6.71. The van der Waals surface area contributed by atoms with E-state index in [1.807, 2.05) is 30.9 Å². The predicted octanol–water partition coefficient (Wildman–Crippen LogP) is 2.75. The number of nitrogens with one attached hydrogen (secondary N) is 1. The molecular formula is C26H30FN7O2. The van der Waals surface area contributed by atoms with Gasteiger partial charge in [-0.15, -0.1) is 0 Å². The van der Waals surface area contributed by atoms with Gasteiger partial charge in [-0.3, -0.25) is 9.69 Å². The highest BCUT2D eigenvalue weighted by molar-refractivity contribution is 5.86. The van der Waals surface area contributed by atoms with Crippen molar-refractivity contribution in [2.75, 3.05) is 26.2 Å². The molecule has 1 saturated heterocycles. The van der Waals surface area contributed by atoms with Crippen LogP contribution in [0.5, 0.6) is 11.5 Å². The van der Waals surface area contributed by atoms with Crippen LogP contribution in [0.15, 0.2) is 49.2 Å². The number of ether oxygens (including phenoxy) is 1. The van der Waals surface area contributed by atoms with Gasteiger partial charge in [0.15, 0.2) is 11.6 Å². The molecule has 1 amide bonds. The number of hydrogen-bond donors (Lipinski definition) is 2. The Bertz CT molecular complexity index is 1370. The van der Waals surface area contributed by atoms with Crippen LogP contribution in [0.1, 0.15) is 16.8 Å². The number of hydrogen-bond acceptors (Lipinski definition) is 6. The average molecular weight is 492 g/mol. The van der Waals surface area contributed by atoms with Crippen LogP contribution in [0, 0.1) is 12.7 Å². The van der Waals surface area contributed by atoms with Gasteiger partial charge in [-0.2, -0.15) is 0 Å². The number of carbonyl (C=O) groups excluding carboxylic acids is 1. The van der Waals surface area contributed by atoms with Crippen LogP contribution >= 0.6 is 0 Å². The van der Waals surface area contributed by atoms with Crippen LogP contribution in [0.3, 0.4) is 0 Å². The monoisotopic (exact) mass is 491 g/mol. The molecule has 9 nitrogen and oxygen atoms in total. The van der Waals surface area contributed by atoms with Crippen LogP contribution in [0.2, 0.25) is 0 Å². The maximum absolute atomic E-state index is 14.9. The number of fused-ring (bicyclic) bond motifs is 1. The molecule has 4 aromatic rings. The van der Waals surface area contributed by atoms with Gasteiger partial charge in [-0.1, -0.05) is 6.07 Å². The SMILES string of the molecule is Cc1c[nH]c2nccc(Oc3ccc(CC(N)C(=O)N4CCN(Cc5cncn5C)CC4)cc3F)c12. The van der Waals surface area contributed by atoms with E-state index in [0.717, 1.165) is 36.3 Å². The summed E-state index contributed by atoms with van der Waals surface area (Å²) in [6, 6.07) is 5.69. The summed E-state index contributed by atoms with van der Waals surface area (Å²) in [7, 11) is 1.98. The van der Waals surface area contributed by atoms with E-state index in [1.165, 1.54) is 6.07 Å². The lowest BCUT2D eigenvalue weighted by Crippen LogP contribution is -2.53. The summed E-state index contributed by atoms with van der Waals surface area (Å²) in [4.78, 5) is 28.5. The van der Waals surface area contributed by atoms with Crippen LogP contribution < -0.4 is 10.5 Å². The zero-order valence-electron chi connectivity index (χ0n) is 20.4. The van der Waals surface area contributed by atoms with E-state index in [1.54, 1.807) is 35.6 Å². The van der Waals surface area contributed by atoms with E-state index in [-0.39, 0.29) is 18.1 Å². The lowest BCUT2D eigenvalue weighted by Gasteiger charge is -2.35. The third-order valence-electron chi connectivity index (χ3n) is 6.71. The van der Waals surface area contributed by atoms with Crippen molar-refractivity contribution in [3.63, 3.8) is 0 Å². The number of carbonyl (C=O) groups is 1. The molecule has 36 heavy (non-hydrogen) atoms. The fourth-order valence-corrected chi connectivity index (χ4v) is 4.61. The van der Waals surface area contributed by atoms with Crippen LogP contribution in [0.4, 0.5) is 4.39 Å². The Labute approximate surface area is 208 Å². The predicted molar refractivity (Wildman–Crippen MR) is 134 cm³/mol. The van der Waals surface area contributed by atoms with Gasteiger partial charge in [0, 0.05) is 58.4 Å². The first-order chi connectivity index (χ1) is 17.4. The number of aryl methyl sites for hydroxylation is 2. The number of benzene rings is 1. The molecule has 1 aliphatic rings. The minimum atomic E-state index is -0.734. The molecule has 1 aromatic carbocycles. The molecule has 1 unspecified atom stereocenters.